The topological polar surface area (TPSA) is 90.9 Å². The van der Waals surface area contributed by atoms with Crippen molar-refractivity contribution in [3.8, 4) is 11.5 Å². The van der Waals surface area contributed by atoms with Gasteiger partial charge in [-0.2, -0.15) is 0 Å². The highest BCUT2D eigenvalue weighted by Gasteiger charge is 2.17. The molecule has 140 valence electrons. The molecule has 7 nitrogen and oxygen atoms in total. The van der Waals surface area contributed by atoms with Gasteiger partial charge in [-0.25, -0.2) is 0 Å². The molecular weight excluding hydrogens is 397 g/mol. The quantitative estimate of drug-likeness (QED) is 0.582. The molecule has 0 aromatic heterocycles. The normalized spacial score (nSPS) is 11.8. The summed E-state index contributed by atoms with van der Waals surface area (Å²) >= 11 is 11.6. The van der Waals surface area contributed by atoms with Crippen LogP contribution in [0, 0.1) is 0 Å². The predicted molar refractivity (Wildman–Crippen MR) is 96.6 cm³/mol. The Morgan fingerprint density at radius 1 is 0.963 bits per heavy atom. The summed E-state index contributed by atoms with van der Waals surface area (Å²) in [5, 5.41) is 2.92. The SMILES string of the molecule is O=C(CNC(=O)c1ccc(Cl)c(Cl)c1)OCC(=O)c1ccc2c(c1)OCO2. The zero-order valence-electron chi connectivity index (χ0n) is 13.8. The van der Waals surface area contributed by atoms with Crippen LogP contribution in [-0.2, 0) is 9.53 Å². The van der Waals surface area contributed by atoms with Crippen LogP contribution in [0.15, 0.2) is 36.4 Å². The molecule has 1 aliphatic heterocycles. The van der Waals surface area contributed by atoms with Crippen LogP contribution in [0.1, 0.15) is 20.7 Å². The third-order valence-electron chi connectivity index (χ3n) is 3.63. The monoisotopic (exact) mass is 409 g/mol. The maximum absolute atomic E-state index is 12.1. The van der Waals surface area contributed by atoms with Crippen LogP contribution in [0.5, 0.6) is 11.5 Å². The van der Waals surface area contributed by atoms with E-state index in [4.69, 9.17) is 37.4 Å². The number of hydrogen-bond acceptors (Lipinski definition) is 6. The number of fused-ring (bicyclic) bond motifs is 1. The average molecular weight is 410 g/mol. The molecule has 0 atom stereocenters. The second-order valence-corrected chi connectivity index (χ2v) is 6.28. The summed E-state index contributed by atoms with van der Waals surface area (Å²) in [7, 11) is 0. The molecule has 2 aromatic rings. The standard InChI is InChI=1S/C18H13Cl2NO6/c19-12-3-1-11(5-13(12)20)18(24)21-7-17(23)25-8-14(22)10-2-4-15-16(6-10)27-9-26-15/h1-6H,7-9H2,(H,21,24). The summed E-state index contributed by atoms with van der Waals surface area (Å²) in [5.41, 5.74) is 0.570. The van der Waals surface area contributed by atoms with E-state index in [1.54, 1.807) is 12.1 Å². The first-order valence-corrected chi connectivity index (χ1v) is 8.51. The van der Waals surface area contributed by atoms with Gasteiger partial charge in [-0.3, -0.25) is 14.4 Å². The fourth-order valence-electron chi connectivity index (χ4n) is 2.24. The highest BCUT2D eigenvalue weighted by Crippen LogP contribution is 2.32. The van der Waals surface area contributed by atoms with Crippen LogP contribution < -0.4 is 14.8 Å². The van der Waals surface area contributed by atoms with Crippen LogP contribution in [0.25, 0.3) is 0 Å². The summed E-state index contributed by atoms with van der Waals surface area (Å²) in [4.78, 5) is 35.8. The van der Waals surface area contributed by atoms with Gasteiger partial charge in [0, 0.05) is 11.1 Å². The van der Waals surface area contributed by atoms with Gasteiger partial charge in [-0.05, 0) is 36.4 Å². The smallest absolute Gasteiger partial charge is 0.325 e. The van der Waals surface area contributed by atoms with Crippen molar-refractivity contribution in [1.29, 1.82) is 0 Å². The fraction of sp³-hybridized carbons (Fsp3) is 0.167. The number of ketones is 1. The number of nitrogens with one attached hydrogen (secondary N) is 1. The summed E-state index contributed by atoms with van der Waals surface area (Å²) < 4.78 is 15.2. The summed E-state index contributed by atoms with van der Waals surface area (Å²) in [5.74, 6) is -0.669. The average Bonchev–Trinajstić information content (AvgIpc) is 3.14. The predicted octanol–water partition coefficient (Wildman–Crippen LogP) is 2.88. The molecule has 27 heavy (non-hydrogen) atoms. The number of halogens is 2. The van der Waals surface area contributed by atoms with Crippen LogP contribution in [0.3, 0.4) is 0 Å². The van der Waals surface area contributed by atoms with Crippen molar-refractivity contribution in [2.75, 3.05) is 19.9 Å². The van der Waals surface area contributed by atoms with E-state index in [2.05, 4.69) is 5.32 Å². The van der Waals surface area contributed by atoms with Gasteiger partial charge in [0.1, 0.15) is 6.54 Å². The molecule has 0 aliphatic carbocycles. The second-order valence-electron chi connectivity index (χ2n) is 5.46. The van der Waals surface area contributed by atoms with Crippen molar-refractivity contribution in [3.05, 3.63) is 57.6 Å². The van der Waals surface area contributed by atoms with Gasteiger partial charge in [0.25, 0.3) is 5.91 Å². The Kier molecular flexibility index (Phi) is 5.83. The van der Waals surface area contributed by atoms with Gasteiger partial charge in [0.2, 0.25) is 6.79 Å². The molecule has 0 unspecified atom stereocenters. The number of carbonyl (C=O) groups is 3. The lowest BCUT2D eigenvalue weighted by Gasteiger charge is -2.07. The first-order valence-electron chi connectivity index (χ1n) is 7.76. The molecular formula is C18H13Cl2NO6. The fourth-order valence-corrected chi connectivity index (χ4v) is 2.54. The minimum atomic E-state index is -0.752. The third kappa shape index (κ3) is 4.69. The maximum atomic E-state index is 12.1. The van der Waals surface area contributed by atoms with Crippen molar-refractivity contribution in [1.82, 2.24) is 5.32 Å². The Bertz CT molecular complexity index is 915. The van der Waals surface area contributed by atoms with Gasteiger partial charge < -0.3 is 19.5 Å². The van der Waals surface area contributed by atoms with E-state index in [1.165, 1.54) is 24.3 Å². The van der Waals surface area contributed by atoms with Gasteiger partial charge in [-0.15, -0.1) is 0 Å². The van der Waals surface area contributed by atoms with Gasteiger partial charge in [0.15, 0.2) is 23.9 Å². The van der Waals surface area contributed by atoms with Crippen LogP contribution in [0.4, 0.5) is 0 Å². The first kappa shape index (κ1) is 19.0. The lowest BCUT2D eigenvalue weighted by Crippen LogP contribution is -2.31. The Morgan fingerprint density at radius 3 is 2.48 bits per heavy atom. The van der Waals surface area contributed by atoms with Gasteiger partial charge >= 0.3 is 5.97 Å². The van der Waals surface area contributed by atoms with Crippen molar-refractivity contribution >= 4 is 40.9 Å². The van der Waals surface area contributed by atoms with E-state index in [0.29, 0.717) is 22.1 Å². The molecule has 1 N–H and O–H groups in total. The van der Waals surface area contributed by atoms with Crippen LogP contribution in [-0.4, -0.2) is 37.6 Å². The lowest BCUT2D eigenvalue weighted by atomic mass is 10.1. The first-order chi connectivity index (χ1) is 12.9. The molecule has 0 saturated heterocycles. The number of hydrogen-bond donors (Lipinski definition) is 1. The molecule has 0 spiro atoms. The van der Waals surface area contributed by atoms with Crippen LogP contribution in [0.2, 0.25) is 10.0 Å². The summed E-state index contributed by atoms with van der Waals surface area (Å²) in [6.45, 7) is -0.755. The highest BCUT2D eigenvalue weighted by atomic mass is 35.5. The number of Topliss-reactive ketones (excluding diaryl/α,β-unsaturated/α-hetero) is 1. The molecule has 9 heteroatoms. The van der Waals surface area contributed by atoms with E-state index in [-0.39, 0.29) is 17.4 Å². The highest BCUT2D eigenvalue weighted by molar-refractivity contribution is 6.42. The second kappa shape index (κ2) is 8.28. The number of esters is 1. The molecule has 3 rings (SSSR count). The Morgan fingerprint density at radius 2 is 1.70 bits per heavy atom. The Labute approximate surface area is 164 Å². The van der Waals surface area contributed by atoms with E-state index in [9.17, 15) is 14.4 Å². The van der Waals surface area contributed by atoms with Crippen molar-refractivity contribution in [3.63, 3.8) is 0 Å². The van der Waals surface area contributed by atoms with Crippen molar-refractivity contribution < 1.29 is 28.6 Å². The Hall–Kier alpha value is -2.77. The van der Waals surface area contributed by atoms with E-state index < -0.39 is 30.8 Å². The molecule has 0 radical (unpaired) electrons. The zero-order valence-corrected chi connectivity index (χ0v) is 15.3. The Balaban J connectivity index is 1.47. The number of ether oxygens (including phenoxy) is 3. The van der Waals surface area contributed by atoms with Gasteiger partial charge in [-0.1, -0.05) is 23.2 Å². The van der Waals surface area contributed by atoms with Gasteiger partial charge in [0.05, 0.1) is 10.0 Å². The van der Waals surface area contributed by atoms with Crippen molar-refractivity contribution in [2.45, 2.75) is 0 Å². The largest absolute Gasteiger partial charge is 0.456 e. The third-order valence-corrected chi connectivity index (χ3v) is 4.37. The minimum absolute atomic E-state index is 0.0977. The number of carbonyl (C=O) groups excluding carboxylic acids is 3. The number of amides is 1. The molecule has 0 fully saturated rings. The molecule has 1 aliphatic rings. The minimum Gasteiger partial charge on any atom is -0.456 e. The molecule has 2 aromatic carbocycles. The molecule has 0 saturated carbocycles. The zero-order chi connectivity index (χ0) is 19.4. The molecule has 1 heterocycles. The lowest BCUT2D eigenvalue weighted by molar-refractivity contribution is -0.141. The molecule has 1 amide bonds. The number of rotatable bonds is 6. The summed E-state index contributed by atoms with van der Waals surface area (Å²) in [6.07, 6.45) is 0. The summed E-state index contributed by atoms with van der Waals surface area (Å²) in [6, 6.07) is 9.00. The van der Waals surface area contributed by atoms with E-state index >= 15 is 0 Å². The van der Waals surface area contributed by atoms with Crippen molar-refractivity contribution in [2.24, 2.45) is 0 Å². The van der Waals surface area contributed by atoms with Crippen LogP contribution >= 0.6 is 23.2 Å². The number of benzene rings is 2. The molecule has 0 bridgehead atoms. The maximum Gasteiger partial charge on any atom is 0.325 e. The van der Waals surface area contributed by atoms with E-state index in [1.807, 2.05) is 0 Å². The van der Waals surface area contributed by atoms with E-state index in [0.717, 1.165) is 0 Å².